The van der Waals surface area contributed by atoms with E-state index >= 15 is 0 Å². The number of aryl methyl sites for hydroxylation is 1. The first-order valence-electron chi connectivity index (χ1n) is 8.58. The van der Waals surface area contributed by atoms with Gasteiger partial charge in [-0.25, -0.2) is 0 Å². The van der Waals surface area contributed by atoms with Gasteiger partial charge in [-0.15, -0.1) is 0 Å². The average Bonchev–Trinajstić information content (AvgIpc) is 2.60. The minimum atomic E-state index is -0.0860. The van der Waals surface area contributed by atoms with Crippen LogP contribution in [0.4, 0.5) is 0 Å². The summed E-state index contributed by atoms with van der Waals surface area (Å²) in [4.78, 5) is 12.3. The van der Waals surface area contributed by atoms with Crippen molar-refractivity contribution in [2.45, 2.75) is 51.9 Å². The Hall–Kier alpha value is -2.08. The average molecular weight is 311 g/mol. The lowest BCUT2D eigenvalue weighted by atomic mass is 9.80. The topological polar surface area (TPSA) is 50.1 Å². The van der Waals surface area contributed by atoms with Gasteiger partial charge >= 0.3 is 5.97 Å². The van der Waals surface area contributed by atoms with Gasteiger partial charge in [0.05, 0.1) is 12.0 Å². The standard InChI is InChI=1S/C20H25NO2/c1-2-16-9-13-19(14-10-16)23-20(22)18-11-7-17(8-12-18)6-4-3-5-15-21/h3,5,9-10,13-14,17-18H,2,4,6-8,11-12H2,1H3/t17-,18-. The van der Waals surface area contributed by atoms with E-state index in [1.54, 1.807) is 6.08 Å². The Morgan fingerprint density at radius 2 is 1.96 bits per heavy atom. The van der Waals surface area contributed by atoms with Gasteiger partial charge in [-0.2, -0.15) is 5.26 Å². The fourth-order valence-electron chi connectivity index (χ4n) is 3.15. The largest absolute Gasteiger partial charge is 0.426 e. The van der Waals surface area contributed by atoms with Gasteiger partial charge < -0.3 is 4.74 Å². The number of nitrogens with zero attached hydrogens (tertiary/aromatic N) is 1. The molecule has 1 aliphatic carbocycles. The molecule has 1 aromatic carbocycles. The van der Waals surface area contributed by atoms with Crippen LogP contribution in [0, 0.1) is 23.2 Å². The molecule has 3 nitrogen and oxygen atoms in total. The number of nitriles is 1. The number of hydrogen-bond acceptors (Lipinski definition) is 3. The van der Waals surface area contributed by atoms with Crippen LogP contribution < -0.4 is 4.74 Å². The molecule has 0 radical (unpaired) electrons. The van der Waals surface area contributed by atoms with Crippen LogP contribution in [0.15, 0.2) is 36.4 Å². The molecule has 0 amide bonds. The molecule has 1 fully saturated rings. The lowest BCUT2D eigenvalue weighted by Crippen LogP contribution is -2.25. The van der Waals surface area contributed by atoms with Crippen LogP contribution >= 0.6 is 0 Å². The SMILES string of the molecule is CCc1ccc(OC(=O)[C@H]2CC[C@H](CCC=CC#N)CC2)cc1. The molecule has 0 bridgehead atoms. The van der Waals surface area contributed by atoms with E-state index in [-0.39, 0.29) is 11.9 Å². The van der Waals surface area contributed by atoms with Gasteiger partial charge in [0.1, 0.15) is 5.75 Å². The molecule has 0 N–H and O–H groups in total. The Morgan fingerprint density at radius 3 is 2.57 bits per heavy atom. The highest BCUT2D eigenvalue weighted by molar-refractivity contribution is 5.75. The highest BCUT2D eigenvalue weighted by Crippen LogP contribution is 2.32. The smallest absolute Gasteiger partial charge is 0.314 e. The van der Waals surface area contributed by atoms with Crippen molar-refractivity contribution >= 4 is 5.97 Å². The quantitative estimate of drug-likeness (QED) is 0.430. The molecule has 0 aromatic heterocycles. The summed E-state index contributed by atoms with van der Waals surface area (Å²) in [5.74, 6) is 1.27. The Labute approximate surface area is 139 Å². The summed E-state index contributed by atoms with van der Waals surface area (Å²) in [6.07, 6.45) is 10.5. The summed E-state index contributed by atoms with van der Waals surface area (Å²) in [6.45, 7) is 2.11. The maximum atomic E-state index is 12.3. The lowest BCUT2D eigenvalue weighted by Gasteiger charge is -2.26. The summed E-state index contributed by atoms with van der Waals surface area (Å²) in [7, 11) is 0. The number of rotatable bonds is 6. The van der Waals surface area contributed by atoms with Crippen LogP contribution in [-0.4, -0.2) is 5.97 Å². The van der Waals surface area contributed by atoms with Gasteiger partial charge in [-0.1, -0.05) is 25.1 Å². The van der Waals surface area contributed by atoms with E-state index in [9.17, 15) is 4.79 Å². The molecule has 3 heteroatoms. The number of benzene rings is 1. The second kappa shape index (κ2) is 9.15. The van der Waals surface area contributed by atoms with E-state index in [1.807, 2.05) is 36.4 Å². The van der Waals surface area contributed by atoms with Crippen molar-refractivity contribution < 1.29 is 9.53 Å². The second-order valence-corrected chi connectivity index (χ2v) is 6.25. The zero-order chi connectivity index (χ0) is 16.5. The third-order valence-electron chi connectivity index (χ3n) is 4.66. The summed E-state index contributed by atoms with van der Waals surface area (Å²) in [5.41, 5.74) is 1.25. The van der Waals surface area contributed by atoms with E-state index in [0.717, 1.165) is 44.9 Å². The van der Waals surface area contributed by atoms with E-state index in [4.69, 9.17) is 10.00 Å². The molecule has 0 atom stereocenters. The molecular formula is C20H25NO2. The van der Waals surface area contributed by atoms with Crippen molar-refractivity contribution in [3.63, 3.8) is 0 Å². The first-order chi connectivity index (χ1) is 11.2. The van der Waals surface area contributed by atoms with Crippen molar-refractivity contribution in [2.75, 3.05) is 0 Å². The highest BCUT2D eigenvalue weighted by Gasteiger charge is 2.27. The van der Waals surface area contributed by atoms with Gasteiger partial charge in [0.15, 0.2) is 0 Å². The van der Waals surface area contributed by atoms with E-state index in [1.165, 1.54) is 5.56 Å². The minimum absolute atomic E-state index is 0.0340. The van der Waals surface area contributed by atoms with Crippen molar-refractivity contribution in [3.05, 3.63) is 42.0 Å². The number of esters is 1. The molecule has 122 valence electrons. The molecule has 0 unspecified atom stereocenters. The molecule has 1 aliphatic rings. The van der Waals surface area contributed by atoms with Crippen molar-refractivity contribution in [1.29, 1.82) is 5.26 Å². The van der Waals surface area contributed by atoms with Crippen LogP contribution in [0.1, 0.15) is 51.0 Å². The van der Waals surface area contributed by atoms with Crippen LogP contribution in [0.5, 0.6) is 5.75 Å². The first kappa shape index (κ1) is 17.3. The second-order valence-electron chi connectivity index (χ2n) is 6.25. The van der Waals surface area contributed by atoms with Gasteiger partial charge in [0.25, 0.3) is 0 Å². The molecule has 0 spiro atoms. The Balaban J connectivity index is 1.74. The molecule has 2 rings (SSSR count). The number of carbonyl (C=O) groups is 1. The molecule has 1 aromatic rings. The van der Waals surface area contributed by atoms with E-state index in [2.05, 4.69) is 6.92 Å². The maximum absolute atomic E-state index is 12.3. The van der Waals surface area contributed by atoms with Gasteiger partial charge in [0.2, 0.25) is 0 Å². The Morgan fingerprint density at radius 1 is 1.26 bits per heavy atom. The van der Waals surface area contributed by atoms with Gasteiger partial charge in [-0.05, 0) is 68.6 Å². The van der Waals surface area contributed by atoms with Crippen LogP contribution in [0.25, 0.3) is 0 Å². The van der Waals surface area contributed by atoms with E-state index < -0.39 is 0 Å². The van der Waals surface area contributed by atoms with Gasteiger partial charge in [0, 0.05) is 6.08 Å². The van der Waals surface area contributed by atoms with Crippen LogP contribution in [0.2, 0.25) is 0 Å². The Kier molecular flexibility index (Phi) is 6.87. The zero-order valence-electron chi connectivity index (χ0n) is 13.8. The van der Waals surface area contributed by atoms with Gasteiger partial charge in [-0.3, -0.25) is 4.79 Å². The number of carbonyl (C=O) groups excluding carboxylic acids is 1. The van der Waals surface area contributed by atoms with Crippen LogP contribution in [0.3, 0.4) is 0 Å². The summed E-state index contributed by atoms with van der Waals surface area (Å²) in [6, 6.07) is 9.79. The monoisotopic (exact) mass is 311 g/mol. The summed E-state index contributed by atoms with van der Waals surface area (Å²) < 4.78 is 5.52. The lowest BCUT2D eigenvalue weighted by molar-refractivity contribution is -0.140. The van der Waals surface area contributed by atoms with Crippen molar-refractivity contribution in [2.24, 2.45) is 11.8 Å². The third kappa shape index (κ3) is 5.56. The number of allylic oxidation sites excluding steroid dienone is 2. The maximum Gasteiger partial charge on any atom is 0.314 e. The molecule has 23 heavy (non-hydrogen) atoms. The Bertz CT molecular complexity index is 560. The van der Waals surface area contributed by atoms with E-state index in [0.29, 0.717) is 11.7 Å². The molecule has 0 saturated heterocycles. The predicted octanol–water partition coefficient (Wildman–Crippen LogP) is 4.82. The van der Waals surface area contributed by atoms with Crippen molar-refractivity contribution in [1.82, 2.24) is 0 Å². The molecular weight excluding hydrogens is 286 g/mol. The third-order valence-corrected chi connectivity index (χ3v) is 4.66. The summed E-state index contributed by atoms with van der Waals surface area (Å²) >= 11 is 0. The zero-order valence-corrected chi connectivity index (χ0v) is 13.8. The fourth-order valence-corrected chi connectivity index (χ4v) is 3.15. The summed E-state index contributed by atoms with van der Waals surface area (Å²) in [5, 5.41) is 8.46. The number of ether oxygens (including phenoxy) is 1. The molecule has 0 heterocycles. The normalized spacial score (nSPS) is 21.0. The van der Waals surface area contributed by atoms with Crippen LogP contribution in [-0.2, 0) is 11.2 Å². The number of hydrogen-bond donors (Lipinski definition) is 0. The first-order valence-corrected chi connectivity index (χ1v) is 8.58. The molecule has 0 aliphatic heterocycles. The fraction of sp³-hybridized carbons (Fsp3) is 0.500. The minimum Gasteiger partial charge on any atom is -0.426 e. The highest BCUT2D eigenvalue weighted by atomic mass is 16.5. The molecule has 1 saturated carbocycles. The predicted molar refractivity (Wildman–Crippen MR) is 90.9 cm³/mol. The van der Waals surface area contributed by atoms with Crippen molar-refractivity contribution in [3.8, 4) is 11.8 Å².